The summed E-state index contributed by atoms with van der Waals surface area (Å²) in [5.74, 6) is 6.56. The van der Waals surface area contributed by atoms with Crippen LogP contribution in [0, 0.1) is 0 Å². The lowest BCUT2D eigenvalue weighted by molar-refractivity contribution is -0.130. The average Bonchev–Trinajstić information content (AvgIpc) is 3.42. The maximum absolute atomic E-state index is 13.2. The number of hydrogen-bond acceptors (Lipinski definition) is 7. The molecular weight excluding hydrogens is 420 g/mol. The molecule has 3 rings (SSSR count). The molecule has 8 nitrogen and oxygen atoms in total. The maximum Gasteiger partial charge on any atom is 0.240 e. The van der Waals surface area contributed by atoms with E-state index in [0.29, 0.717) is 23.4 Å². The minimum Gasteiger partial charge on any atom is -0.343 e. The Morgan fingerprint density at radius 1 is 1.10 bits per heavy atom. The molecule has 30 heavy (non-hydrogen) atoms. The van der Waals surface area contributed by atoms with Crippen LogP contribution in [0.15, 0.2) is 40.6 Å². The van der Waals surface area contributed by atoms with Crippen molar-refractivity contribution in [3.8, 4) is 0 Å². The fraction of sp³-hybridized carbons (Fsp3) is 0.500. The predicted octanol–water partition coefficient (Wildman–Crippen LogP) is 2.41. The molecule has 1 unspecified atom stereocenters. The lowest BCUT2D eigenvalue weighted by Crippen LogP contribution is -2.32. The molecule has 2 aromatic rings. The van der Waals surface area contributed by atoms with E-state index in [-0.39, 0.29) is 17.6 Å². The Balaban J connectivity index is 1.73. The molecular formula is C20H28N6O2S2. The first kappa shape index (κ1) is 22.5. The van der Waals surface area contributed by atoms with Crippen LogP contribution >= 0.6 is 23.5 Å². The third-order valence-electron chi connectivity index (χ3n) is 5.04. The number of thioether (sulfide) groups is 2. The van der Waals surface area contributed by atoms with Crippen LogP contribution in [-0.2, 0) is 9.59 Å². The summed E-state index contributed by atoms with van der Waals surface area (Å²) in [5, 5.41) is 8.80. The lowest BCUT2D eigenvalue weighted by atomic mass is 10.1. The van der Waals surface area contributed by atoms with Crippen LogP contribution in [0.2, 0.25) is 0 Å². The summed E-state index contributed by atoms with van der Waals surface area (Å²) in [6.07, 6.45) is 2.07. The van der Waals surface area contributed by atoms with Crippen LogP contribution in [0.25, 0.3) is 0 Å². The number of rotatable bonds is 9. The highest BCUT2D eigenvalue weighted by atomic mass is 32.2. The summed E-state index contributed by atoms with van der Waals surface area (Å²) in [4.78, 5) is 29.1. The fourth-order valence-electron chi connectivity index (χ4n) is 3.33. The largest absolute Gasteiger partial charge is 0.343 e. The van der Waals surface area contributed by atoms with Gasteiger partial charge in [0.05, 0.1) is 5.75 Å². The summed E-state index contributed by atoms with van der Waals surface area (Å²) in [7, 11) is 0. The first-order chi connectivity index (χ1) is 14.5. The monoisotopic (exact) mass is 448 g/mol. The first-order valence-electron chi connectivity index (χ1n) is 10.2. The molecule has 1 fully saturated rings. The van der Waals surface area contributed by atoms with Crippen molar-refractivity contribution in [2.45, 2.75) is 42.3 Å². The van der Waals surface area contributed by atoms with E-state index in [1.807, 2.05) is 49.1 Å². The van der Waals surface area contributed by atoms with Crippen molar-refractivity contribution in [1.29, 1.82) is 0 Å². The zero-order valence-corrected chi connectivity index (χ0v) is 19.0. The summed E-state index contributed by atoms with van der Waals surface area (Å²) in [6, 6.07) is 9.67. The quantitative estimate of drug-likeness (QED) is 0.465. The number of nitrogens with zero attached hydrogens (tertiary/aromatic N) is 5. The van der Waals surface area contributed by atoms with Gasteiger partial charge in [-0.1, -0.05) is 53.9 Å². The lowest BCUT2D eigenvalue weighted by Gasteiger charge is -2.22. The molecule has 0 radical (unpaired) electrons. The van der Waals surface area contributed by atoms with Crippen LogP contribution in [0.5, 0.6) is 0 Å². The second kappa shape index (κ2) is 10.7. The molecule has 2 amide bonds. The van der Waals surface area contributed by atoms with Crippen molar-refractivity contribution in [3.63, 3.8) is 0 Å². The maximum atomic E-state index is 13.2. The van der Waals surface area contributed by atoms with Crippen molar-refractivity contribution in [3.05, 3.63) is 35.9 Å². The van der Waals surface area contributed by atoms with Gasteiger partial charge in [0.1, 0.15) is 5.25 Å². The van der Waals surface area contributed by atoms with Gasteiger partial charge in [0.2, 0.25) is 22.1 Å². The van der Waals surface area contributed by atoms with Gasteiger partial charge in [0.25, 0.3) is 0 Å². The Hall–Kier alpha value is -2.20. The van der Waals surface area contributed by atoms with Crippen molar-refractivity contribution < 1.29 is 9.59 Å². The van der Waals surface area contributed by atoms with Crippen molar-refractivity contribution in [2.24, 2.45) is 0 Å². The number of hydrogen-bond donors (Lipinski definition) is 1. The Bertz CT molecular complexity index is 850. The van der Waals surface area contributed by atoms with E-state index in [0.717, 1.165) is 31.5 Å². The van der Waals surface area contributed by atoms with E-state index < -0.39 is 5.25 Å². The number of carbonyl (C=O) groups is 2. The van der Waals surface area contributed by atoms with Gasteiger partial charge < -0.3 is 15.6 Å². The summed E-state index contributed by atoms with van der Waals surface area (Å²) >= 11 is 2.55. The van der Waals surface area contributed by atoms with E-state index in [1.165, 1.54) is 28.2 Å². The van der Waals surface area contributed by atoms with E-state index >= 15 is 0 Å². The molecule has 0 bridgehead atoms. The highest BCUT2D eigenvalue weighted by Crippen LogP contribution is 2.37. The summed E-state index contributed by atoms with van der Waals surface area (Å²) < 4.78 is 1.37. The SMILES string of the molecule is CCN(CC)C(=O)CSc1nnc(SC(C(=O)N2CCCC2)c2ccccc2)n1N. The smallest absolute Gasteiger partial charge is 0.240 e. The zero-order chi connectivity index (χ0) is 21.5. The predicted molar refractivity (Wildman–Crippen MR) is 120 cm³/mol. The van der Waals surface area contributed by atoms with Crippen LogP contribution in [0.1, 0.15) is 37.5 Å². The molecule has 1 aromatic carbocycles. The molecule has 0 saturated carbocycles. The van der Waals surface area contributed by atoms with E-state index in [2.05, 4.69) is 10.2 Å². The number of carbonyl (C=O) groups excluding carboxylic acids is 2. The van der Waals surface area contributed by atoms with Crippen LogP contribution in [-0.4, -0.2) is 68.4 Å². The van der Waals surface area contributed by atoms with Crippen LogP contribution < -0.4 is 5.84 Å². The van der Waals surface area contributed by atoms with Crippen molar-refractivity contribution in [2.75, 3.05) is 37.8 Å². The number of aromatic nitrogens is 3. The number of likely N-dealkylation sites (tertiary alicyclic amines) is 1. The van der Waals surface area contributed by atoms with Gasteiger partial charge in [-0.15, -0.1) is 10.2 Å². The van der Waals surface area contributed by atoms with Gasteiger partial charge in [-0.2, -0.15) is 0 Å². The Kier molecular flexibility index (Phi) is 8.03. The Morgan fingerprint density at radius 2 is 1.73 bits per heavy atom. The molecule has 1 aliphatic rings. The van der Waals surface area contributed by atoms with Gasteiger partial charge in [0, 0.05) is 26.2 Å². The number of nitrogens with two attached hydrogens (primary N) is 1. The molecule has 1 atom stereocenters. The van der Waals surface area contributed by atoms with Gasteiger partial charge in [-0.3, -0.25) is 9.59 Å². The third kappa shape index (κ3) is 5.28. The van der Waals surface area contributed by atoms with E-state index in [4.69, 9.17) is 5.84 Å². The van der Waals surface area contributed by atoms with Crippen LogP contribution in [0.4, 0.5) is 0 Å². The fourth-order valence-corrected chi connectivity index (χ4v) is 5.19. The zero-order valence-electron chi connectivity index (χ0n) is 17.4. The topological polar surface area (TPSA) is 97.4 Å². The molecule has 2 N–H and O–H groups in total. The van der Waals surface area contributed by atoms with Gasteiger partial charge in [0.15, 0.2) is 0 Å². The molecule has 0 aliphatic carbocycles. The summed E-state index contributed by atoms with van der Waals surface area (Å²) in [6.45, 7) is 6.81. The third-order valence-corrected chi connectivity index (χ3v) is 7.17. The summed E-state index contributed by atoms with van der Waals surface area (Å²) in [5.41, 5.74) is 0.910. The molecule has 2 heterocycles. The minimum atomic E-state index is -0.439. The first-order valence-corrected chi connectivity index (χ1v) is 12.0. The van der Waals surface area contributed by atoms with E-state index in [9.17, 15) is 9.59 Å². The second-order valence-electron chi connectivity index (χ2n) is 6.93. The Labute approximate surface area is 185 Å². The highest BCUT2D eigenvalue weighted by Gasteiger charge is 2.30. The molecule has 1 saturated heterocycles. The number of amides is 2. The van der Waals surface area contributed by atoms with Gasteiger partial charge >= 0.3 is 0 Å². The molecule has 1 aliphatic heterocycles. The van der Waals surface area contributed by atoms with Crippen LogP contribution in [0.3, 0.4) is 0 Å². The molecule has 10 heteroatoms. The second-order valence-corrected chi connectivity index (χ2v) is 8.95. The molecule has 162 valence electrons. The average molecular weight is 449 g/mol. The standard InChI is InChI=1S/C20H28N6O2S2/c1-3-24(4-2)16(27)14-29-19-22-23-20(26(19)21)30-17(15-10-6-5-7-11-15)18(28)25-12-8-9-13-25/h5-7,10-11,17H,3-4,8-9,12-14,21H2,1-2H3. The molecule has 1 aromatic heterocycles. The van der Waals surface area contributed by atoms with Gasteiger partial charge in [-0.05, 0) is 32.3 Å². The highest BCUT2D eigenvalue weighted by molar-refractivity contribution is 8.00. The van der Waals surface area contributed by atoms with Crippen molar-refractivity contribution >= 4 is 35.3 Å². The van der Waals surface area contributed by atoms with E-state index in [1.54, 1.807) is 4.90 Å². The Morgan fingerprint density at radius 3 is 2.37 bits per heavy atom. The molecule has 0 spiro atoms. The minimum absolute atomic E-state index is 0.0357. The number of benzene rings is 1. The normalized spacial score (nSPS) is 14.7. The number of nitrogen functional groups attached to an aromatic ring is 1. The van der Waals surface area contributed by atoms with Gasteiger partial charge in [-0.25, -0.2) is 4.68 Å². The van der Waals surface area contributed by atoms with Crippen molar-refractivity contribution in [1.82, 2.24) is 24.7 Å².